The lowest BCUT2D eigenvalue weighted by atomic mass is 10.0. The van der Waals surface area contributed by atoms with Gasteiger partial charge >= 0.3 is 0 Å². The Hall–Kier alpha value is -3.12. The fraction of sp³-hybridized carbons (Fsp3) is 0.250. The number of nitrogens with one attached hydrogen (secondary N) is 1. The lowest BCUT2D eigenvalue weighted by Crippen LogP contribution is -2.46. The number of hydrogen-bond acceptors (Lipinski definition) is 3. The SMILES string of the molecule is O=C(NC1CCCC1)[C@H](c1ccccc1F)N(C(=O)c1ccco1)c1ccc(Cl)cc1. The second-order valence-electron chi connectivity index (χ2n) is 7.54. The molecule has 1 aliphatic carbocycles. The van der Waals surface area contributed by atoms with E-state index in [1.165, 1.54) is 29.4 Å². The Balaban J connectivity index is 1.82. The van der Waals surface area contributed by atoms with Gasteiger partial charge in [0, 0.05) is 22.3 Å². The summed E-state index contributed by atoms with van der Waals surface area (Å²) in [5.74, 6) is -1.51. The molecule has 5 nitrogen and oxygen atoms in total. The molecule has 31 heavy (non-hydrogen) atoms. The van der Waals surface area contributed by atoms with E-state index >= 15 is 0 Å². The van der Waals surface area contributed by atoms with Gasteiger partial charge in [-0.1, -0.05) is 42.6 Å². The minimum atomic E-state index is -1.22. The predicted molar refractivity (Wildman–Crippen MR) is 117 cm³/mol. The first-order chi connectivity index (χ1) is 15.0. The van der Waals surface area contributed by atoms with E-state index < -0.39 is 23.7 Å². The molecule has 1 aromatic heterocycles. The van der Waals surface area contributed by atoms with Crippen LogP contribution in [0.4, 0.5) is 10.1 Å². The van der Waals surface area contributed by atoms with Crippen molar-refractivity contribution in [2.24, 2.45) is 0 Å². The van der Waals surface area contributed by atoms with Gasteiger partial charge in [0.15, 0.2) is 5.76 Å². The van der Waals surface area contributed by atoms with Gasteiger partial charge in [-0.2, -0.15) is 0 Å². The highest BCUT2D eigenvalue weighted by Gasteiger charge is 2.37. The minimum Gasteiger partial charge on any atom is -0.459 e. The Morgan fingerprint density at radius 2 is 1.74 bits per heavy atom. The van der Waals surface area contributed by atoms with Crippen molar-refractivity contribution in [1.29, 1.82) is 0 Å². The summed E-state index contributed by atoms with van der Waals surface area (Å²) in [5.41, 5.74) is 0.508. The molecule has 7 heteroatoms. The molecule has 0 bridgehead atoms. The van der Waals surface area contributed by atoms with Crippen LogP contribution >= 0.6 is 11.6 Å². The maximum absolute atomic E-state index is 14.9. The first kappa shape index (κ1) is 21.1. The van der Waals surface area contributed by atoms with Gasteiger partial charge in [-0.3, -0.25) is 14.5 Å². The van der Waals surface area contributed by atoms with E-state index in [4.69, 9.17) is 16.0 Å². The van der Waals surface area contributed by atoms with Crippen molar-refractivity contribution in [2.75, 3.05) is 4.90 Å². The molecule has 1 heterocycles. The lowest BCUT2D eigenvalue weighted by Gasteiger charge is -2.32. The smallest absolute Gasteiger partial charge is 0.294 e. The van der Waals surface area contributed by atoms with Crippen LogP contribution in [-0.4, -0.2) is 17.9 Å². The number of furan rings is 1. The Morgan fingerprint density at radius 3 is 2.39 bits per heavy atom. The zero-order valence-corrected chi connectivity index (χ0v) is 17.5. The molecule has 0 radical (unpaired) electrons. The van der Waals surface area contributed by atoms with Gasteiger partial charge in [-0.05, 0) is 55.3 Å². The summed E-state index contributed by atoms with van der Waals surface area (Å²) in [6.45, 7) is 0. The molecule has 1 fully saturated rings. The van der Waals surface area contributed by atoms with Crippen LogP contribution in [0.3, 0.4) is 0 Å². The van der Waals surface area contributed by atoms with Gasteiger partial charge < -0.3 is 9.73 Å². The molecule has 160 valence electrons. The first-order valence-electron chi connectivity index (χ1n) is 10.2. The molecular formula is C24H22ClFN2O3. The van der Waals surface area contributed by atoms with Crippen molar-refractivity contribution in [2.45, 2.75) is 37.8 Å². The number of benzene rings is 2. The zero-order valence-electron chi connectivity index (χ0n) is 16.8. The van der Waals surface area contributed by atoms with E-state index in [9.17, 15) is 14.0 Å². The molecule has 1 saturated carbocycles. The average molecular weight is 441 g/mol. The van der Waals surface area contributed by atoms with E-state index in [2.05, 4.69) is 5.32 Å². The van der Waals surface area contributed by atoms with E-state index in [0.717, 1.165) is 25.7 Å². The number of amides is 2. The maximum Gasteiger partial charge on any atom is 0.294 e. The molecular weight excluding hydrogens is 419 g/mol. The summed E-state index contributed by atoms with van der Waals surface area (Å²) in [6, 6.07) is 14.4. The molecule has 0 spiro atoms. The summed E-state index contributed by atoms with van der Waals surface area (Å²) in [6.07, 6.45) is 5.17. The van der Waals surface area contributed by atoms with Crippen LogP contribution < -0.4 is 10.2 Å². The van der Waals surface area contributed by atoms with Gasteiger partial charge in [-0.15, -0.1) is 0 Å². The number of hydrogen-bond donors (Lipinski definition) is 1. The zero-order chi connectivity index (χ0) is 21.8. The third-order valence-electron chi connectivity index (χ3n) is 5.46. The predicted octanol–water partition coefficient (Wildman–Crippen LogP) is 5.52. The quantitative estimate of drug-likeness (QED) is 0.549. The van der Waals surface area contributed by atoms with E-state index in [0.29, 0.717) is 10.7 Å². The standard InChI is InChI=1S/C24H22ClFN2O3/c25-16-11-13-18(14-12-16)28(24(30)21-10-5-15-31-21)22(19-8-3-4-9-20(19)26)23(29)27-17-6-1-2-7-17/h3-5,8-15,17,22H,1-2,6-7H2,(H,27,29)/t22-/m0/s1. The molecule has 1 aliphatic rings. The molecule has 2 aromatic carbocycles. The third kappa shape index (κ3) is 4.64. The normalized spacial score (nSPS) is 14.9. The lowest BCUT2D eigenvalue weighted by molar-refractivity contribution is -0.123. The molecule has 4 rings (SSSR count). The highest BCUT2D eigenvalue weighted by molar-refractivity contribution is 6.30. The van der Waals surface area contributed by atoms with Crippen molar-refractivity contribution in [3.05, 3.63) is 89.1 Å². The highest BCUT2D eigenvalue weighted by atomic mass is 35.5. The number of halogens is 2. The number of anilines is 1. The van der Waals surface area contributed by atoms with Crippen molar-refractivity contribution < 1.29 is 18.4 Å². The van der Waals surface area contributed by atoms with Crippen molar-refractivity contribution in [1.82, 2.24) is 5.32 Å². The number of rotatable bonds is 6. The second-order valence-corrected chi connectivity index (χ2v) is 7.98. The topological polar surface area (TPSA) is 62.6 Å². The van der Waals surface area contributed by atoms with Crippen LogP contribution in [0.25, 0.3) is 0 Å². The van der Waals surface area contributed by atoms with Crippen LogP contribution in [0.2, 0.25) is 5.02 Å². The molecule has 3 aromatic rings. The summed E-state index contributed by atoms with van der Waals surface area (Å²) in [7, 11) is 0. The minimum absolute atomic E-state index is 0.00700. The van der Waals surface area contributed by atoms with Crippen molar-refractivity contribution in [3.8, 4) is 0 Å². The summed E-state index contributed by atoms with van der Waals surface area (Å²) >= 11 is 6.03. The van der Waals surface area contributed by atoms with Crippen LogP contribution in [-0.2, 0) is 4.79 Å². The number of carbonyl (C=O) groups excluding carboxylic acids is 2. The van der Waals surface area contributed by atoms with E-state index in [1.54, 1.807) is 42.5 Å². The monoisotopic (exact) mass is 440 g/mol. The molecule has 1 atom stereocenters. The van der Waals surface area contributed by atoms with Crippen LogP contribution in [0, 0.1) is 5.82 Å². The largest absolute Gasteiger partial charge is 0.459 e. The second kappa shape index (κ2) is 9.35. The fourth-order valence-corrected chi connectivity index (χ4v) is 4.07. The van der Waals surface area contributed by atoms with Crippen LogP contribution in [0.15, 0.2) is 71.3 Å². The van der Waals surface area contributed by atoms with Gasteiger partial charge in [0.25, 0.3) is 5.91 Å². The van der Waals surface area contributed by atoms with Gasteiger partial charge in [0.2, 0.25) is 5.91 Å². The Kier molecular flexibility index (Phi) is 6.37. The number of carbonyl (C=O) groups is 2. The van der Waals surface area contributed by atoms with Gasteiger partial charge in [0.05, 0.1) is 6.26 Å². The first-order valence-corrected chi connectivity index (χ1v) is 10.6. The molecule has 0 unspecified atom stereocenters. The van der Waals surface area contributed by atoms with Crippen molar-refractivity contribution in [3.63, 3.8) is 0 Å². The summed E-state index contributed by atoms with van der Waals surface area (Å²) < 4.78 is 20.2. The Labute approximate surface area is 184 Å². The number of nitrogens with zero attached hydrogens (tertiary/aromatic N) is 1. The Morgan fingerprint density at radius 1 is 1.03 bits per heavy atom. The molecule has 2 amide bonds. The average Bonchev–Trinajstić information content (AvgIpc) is 3.47. The molecule has 1 N–H and O–H groups in total. The van der Waals surface area contributed by atoms with Crippen LogP contribution in [0.5, 0.6) is 0 Å². The highest BCUT2D eigenvalue weighted by Crippen LogP contribution is 2.32. The maximum atomic E-state index is 14.9. The van der Waals surface area contributed by atoms with Crippen molar-refractivity contribution >= 4 is 29.1 Å². The van der Waals surface area contributed by atoms with E-state index in [1.807, 2.05) is 0 Å². The third-order valence-corrected chi connectivity index (χ3v) is 5.72. The summed E-state index contributed by atoms with van der Waals surface area (Å²) in [5, 5.41) is 3.49. The summed E-state index contributed by atoms with van der Waals surface area (Å²) in [4.78, 5) is 28.2. The van der Waals surface area contributed by atoms with E-state index in [-0.39, 0.29) is 17.4 Å². The van der Waals surface area contributed by atoms with Crippen LogP contribution in [0.1, 0.15) is 47.8 Å². The molecule has 0 aliphatic heterocycles. The fourth-order valence-electron chi connectivity index (χ4n) is 3.95. The van der Waals surface area contributed by atoms with Gasteiger partial charge in [0.1, 0.15) is 11.9 Å². The van der Waals surface area contributed by atoms with Gasteiger partial charge in [-0.25, -0.2) is 4.39 Å². The Bertz CT molecular complexity index is 1050. The molecule has 0 saturated heterocycles.